The van der Waals surface area contributed by atoms with E-state index < -0.39 is 23.8 Å². The molecule has 15 heteroatoms. The van der Waals surface area contributed by atoms with Crippen LogP contribution in [0.2, 0.25) is 0 Å². The van der Waals surface area contributed by atoms with E-state index in [0.29, 0.717) is 47.1 Å². The monoisotopic (exact) mass is 671 g/mol. The Balaban J connectivity index is 1.87. The Labute approximate surface area is 274 Å². The number of hydrogen-bond donors (Lipinski definition) is 2. The molecule has 0 spiro atoms. The summed E-state index contributed by atoms with van der Waals surface area (Å²) in [5.41, 5.74) is 0.937. The first-order valence-corrected chi connectivity index (χ1v) is 16.1. The van der Waals surface area contributed by atoms with Gasteiger partial charge in [-0.1, -0.05) is 0 Å². The summed E-state index contributed by atoms with van der Waals surface area (Å²) >= 11 is 1.94. The molecule has 0 saturated heterocycles. The van der Waals surface area contributed by atoms with E-state index in [1.165, 1.54) is 32.5 Å². The molecule has 3 aromatic rings. The molecule has 0 saturated carbocycles. The molecule has 3 aromatic heterocycles. The lowest BCUT2D eigenvalue weighted by molar-refractivity contribution is 0.0592. The van der Waals surface area contributed by atoms with Crippen LogP contribution in [0.3, 0.4) is 0 Å². The van der Waals surface area contributed by atoms with Gasteiger partial charge in [-0.2, -0.15) is 0 Å². The van der Waals surface area contributed by atoms with Crippen LogP contribution < -0.4 is 10.6 Å². The van der Waals surface area contributed by atoms with Crippen molar-refractivity contribution in [2.75, 3.05) is 51.0 Å². The summed E-state index contributed by atoms with van der Waals surface area (Å²) in [5, 5.41) is 5.59. The number of thiophene rings is 2. The fourth-order valence-electron chi connectivity index (χ4n) is 4.62. The first kappa shape index (κ1) is 35.8. The van der Waals surface area contributed by atoms with E-state index in [9.17, 15) is 28.8 Å². The number of nitrogens with zero attached hydrogens (tertiary/aromatic N) is 3. The van der Waals surface area contributed by atoms with E-state index in [0.717, 1.165) is 22.7 Å². The average molecular weight is 672 g/mol. The van der Waals surface area contributed by atoms with Gasteiger partial charge >= 0.3 is 11.9 Å². The van der Waals surface area contributed by atoms with Crippen LogP contribution in [0.5, 0.6) is 0 Å². The van der Waals surface area contributed by atoms with Crippen LogP contribution in [-0.4, -0.2) is 90.7 Å². The number of rotatable bonds is 12. The van der Waals surface area contributed by atoms with Crippen molar-refractivity contribution in [3.8, 4) is 0 Å². The summed E-state index contributed by atoms with van der Waals surface area (Å²) in [7, 11) is 2.41. The third-order valence-corrected chi connectivity index (χ3v) is 9.67. The molecule has 46 heavy (non-hydrogen) atoms. The molecule has 0 atom stereocenters. The third-order valence-electron chi connectivity index (χ3n) is 7.27. The standard InChI is InChI=1S/C31H37N5O8S2/c1-9-35(10-2)28(39)22-16(5)20(30(41)43-7)26(45-22)33-24(37)18-13-14-19(32-15-18)25(38)34-27-21(31(42)44-8)17(6)23(46-27)29(40)36(11-3)12-4/h13-15H,9-12H2,1-8H3,(H,33,37)(H,34,38). The minimum Gasteiger partial charge on any atom is -0.465 e. The van der Waals surface area contributed by atoms with Crippen molar-refractivity contribution >= 4 is 68.2 Å². The number of ether oxygens (including phenoxy) is 2. The maximum atomic E-state index is 13.2. The van der Waals surface area contributed by atoms with Crippen molar-refractivity contribution in [2.45, 2.75) is 41.5 Å². The van der Waals surface area contributed by atoms with Gasteiger partial charge in [-0.15, -0.1) is 22.7 Å². The molecule has 0 aliphatic heterocycles. The van der Waals surface area contributed by atoms with E-state index in [4.69, 9.17) is 9.47 Å². The van der Waals surface area contributed by atoms with Crippen LogP contribution >= 0.6 is 22.7 Å². The van der Waals surface area contributed by atoms with Crippen LogP contribution in [0.15, 0.2) is 18.3 Å². The van der Waals surface area contributed by atoms with Gasteiger partial charge in [-0.3, -0.25) is 24.2 Å². The highest BCUT2D eigenvalue weighted by Crippen LogP contribution is 2.36. The Morgan fingerprint density at radius 3 is 1.46 bits per heavy atom. The maximum absolute atomic E-state index is 13.2. The molecular formula is C31H37N5O8S2. The second-order valence-electron chi connectivity index (χ2n) is 9.80. The lowest BCUT2D eigenvalue weighted by Gasteiger charge is -2.17. The number of carbonyl (C=O) groups excluding carboxylic acids is 6. The smallest absolute Gasteiger partial charge is 0.341 e. The Hall–Kier alpha value is -4.63. The number of esters is 2. The quantitative estimate of drug-likeness (QED) is 0.256. The highest BCUT2D eigenvalue weighted by atomic mass is 32.1. The third kappa shape index (κ3) is 7.26. The molecule has 0 radical (unpaired) electrons. The van der Waals surface area contributed by atoms with E-state index in [1.54, 1.807) is 23.6 Å². The minimum absolute atomic E-state index is 0.0654. The van der Waals surface area contributed by atoms with E-state index in [-0.39, 0.29) is 44.2 Å². The van der Waals surface area contributed by atoms with E-state index in [2.05, 4.69) is 15.6 Å². The highest BCUT2D eigenvalue weighted by molar-refractivity contribution is 7.19. The van der Waals surface area contributed by atoms with E-state index >= 15 is 0 Å². The van der Waals surface area contributed by atoms with Gasteiger partial charge in [0.25, 0.3) is 23.6 Å². The molecule has 0 aliphatic carbocycles. The Bertz CT molecular complexity index is 1530. The number of amides is 4. The van der Waals surface area contributed by atoms with Crippen molar-refractivity contribution in [2.24, 2.45) is 0 Å². The normalized spacial score (nSPS) is 10.6. The predicted octanol–water partition coefficient (Wildman–Crippen LogP) is 4.86. The van der Waals surface area contributed by atoms with Crippen LogP contribution in [0.4, 0.5) is 10.0 Å². The van der Waals surface area contributed by atoms with Gasteiger partial charge in [0.2, 0.25) is 0 Å². The molecule has 0 unspecified atom stereocenters. The first-order chi connectivity index (χ1) is 21.9. The zero-order valence-corrected chi connectivity index (χ0v) is 28.6. The molecule has 0 bridgehead atoms. The number of nitrogens with one attached hydrogen (secondary N) is 2. The van der Waals surface area contributed by atoms with Gasteiger partial charge in [-0.05, 0) is 64.8 Å². The molecule has 3 rings (SSSR count). The molecule has 0 aliphatic rings. The van der Waals surface area contributed by atoms with Gasteiger partial charge in [0, 0.05) is 32.4 Å². The molecule has 4 amide bonds. The van der Waals surface area contributed by atoms with Gasteiger partial charge < -0.3 is 29.9 Å². The second-order valence-corrected chi connectivity index (χ2v) is 11.8. The largest absolute Gasteiger partial charge is 0.465 e. The van der Waals surface area contributed by atoms with Crippen molar-refractivity contribution in [1.29, 1.82) is 0 Å². The lowest BCUT2D eigenvalue weighted by Crippen LogP contribution is -2.30. The van der Waals surface area contributed by atoms with E-state index in [1.807, 2.05) is 27.7 Å². The first-order valence-electron chi connectivity index (χ1n) is 14.5. The summed E-state index contributed by atoms with van der Waals surface area (Å²) in [6, 6.07) is 2.69. The zero-order chi connectivity index (χ0) is 34.3. The number of methoxy groups -OCH3 is 2. The Morgan fingerprint density at radius 1 is 0.696 bits per heavy atom. The summed E-state index contributed by atoms with van der Waals surface area (Å²) in [6.07, 6.45) is 1.18. The summed E-state index contributed by atoms with van der Waals surface area (Å²) in [6.45, 7) is 12.5. The van der Waals surface area contributed by atoms with Crippen molar-refractivity contribution in [3.05, 3.63) is 61.6 Å². The second kappa shape index (κ2) is 15.6. The number of pyridine rings is 1. The summed E-state index contributed by atoms with van der Waals surface area (Å²) in [5.74, 6) is -3.26. The van der Waals surface area contributed by atoms with Crippen molar-refractivity contribution < 1.29 is 38.2 Å². The number of aromatic nitrogens is 1. The lowest BCUT2D eigenvalue weighted by atomic mass is 10.1. The van der Waals surface area contributed by atoms with Crippen LogP contribution in [0, 0.1) is 13.8 Å². The molecule has 3 heterocycles. The average Bonchev–Trinajstić information content (AvgIpc) is 3.56. The Morgan fingerprint density at radius 2 is 1.11 bits per heavy atom. The van der Waals surface area contributed by atoms with Gasteiger partial charge in [0.1, 0.15) is 15.7 Å². The molecule has 2 N–H and O–H groups in total. The predicted molar refractivity (Wildman–Crippen MR) is 175 cm³/mol. The van der Waals surface area contributed by atoms with Crippen molar-refractivity contribution in [1.82, 2.24) is 14.8 Å². The number of carbonyl (C=O) groups is 6. The fraction of sp³-hybridized carbons (Fsp3) is 0.387. The highest BCUT2D eigenvalue weighted by Gasteiger charge is 2.30. The molecule has 13 nitrogen and oxygen atoms in total. The summed E-state index contributed by atoms with van der Waals surface area (Å²) < 4.78 is 9.80. The SMILES string of the molecule is CCN(CC)C(=O)c1sc(NC(=O)c2ccc(C(=O)Nc3sc(C(=O)N(CC)CC)c(C)c3C(=O)OC)nc2)c(C(=O)OC)c1C. The summed E-state index contributed by atoms with van der Waals surface area (Å²) in [4.78, 5) is 85.6. The molecule has 0 fully saturated rings. The molecular weight excluding hydrogens is 635 g/mol. The minimum atomic E-state index is -0.709. The van der Waals surface area contributed by atoms with Gasteiger partial charge in [0.05, 0.1) is 40.7 Å². The fourth-order valence-corrected chi connectivity index (χ4v) is 6.94. The number of anilines is 2. The van der Waals surface area contributed by atoms with Crippen LogP contribution in [-0.2, 0) is 9.47 Å². The zero-order valence-electron chi connectivity index (χ0n) is 27.0. The molecule has 246 valence electrons. The van der Waals surface area contributed by atoms with Crippen molar-refractivity contribution in [3.63, 3.8) is 0 Å². The number of hydrogen-bond acceptors (Lipinski definition) is 11. The van der Waals surface area contributed by atoms with Gasteiger partial charge in [0.15, 0.2) is 0 Å². The topological polar surface area (TPSA) is 164 Å². The molecule has 0 aromatic carbocycles. The van der Waals surface area contributed by atoms with Crippen LogP contribution in [0.25, 0.3) is 0 Å². The Kier molecular flexibility index (Phi) is 12.1. The van der Waals surface area contributed by atoms with Crippen LogP contribution in [0.1, 0.15) is 99.7 Å². The maximum Gasteiger partial charge on any atom is 0.341 e. The van der Waals surface area contributed by atoms with Gasteiger partial charge in [-0.25, -0.2) is 9.59 Å².